The lowest BCUT2D eigenvalue weighted by molar-refractivity contribution is 0.142. The highest BCUT2D eigenvalue weighted by atomic mass is 32.1. The van der Waals surface area contributed by atoms with Crippen LogP contribution in [0.3, 0.4) is 0 Å². The average Bonchev–Trinajstić information content (AvgIpc) is 2.45. The van der Waals surface area contributed by atoms with Gasteiger partial charge in [0.1, 0.15) is 0 Å². The molecule has 0 saturated carbocycles. The molecule has 1 aliphatic rings. The van der Waals surface area contributed by atoms with Crippen LogP contribution in [0.15, 0.2) is 17.5 Å². The summed E-state index contributed by atoms with van der Waals surface area (Å²) in [6.07, 6.45) is 3.86. The highest BCUT2D eigenvalue weighted by molar-refractivity contribution is 7.10. The molecule has 58 valence electrons. The molecule has 1 aromatic heterocycles. The minimum absolute atomic E-state index is 0.265. The van der Waals surface area contributed by atoms with Crippen LogP contribution in [0.4, 0.5) is 0 Å². The fourth-order valence-corrected chi connectivity index (χ4v) is 2.30. The van der Waals surface area contributed by atoms with Gasteiger partial charge in [0.15, 0.2) is 0 Å². The fourth-order valence-electron chi connectivity index (χ4n) is 1.31. The maximum absolute atomic E-state index is 9.68. The van der Waals surface area contributed by atoms with E-state index in [1.807, 2.05) is 18.4 Å². The molecule has 0 aromatic carbocycles. The number of rotatable bonds is 0. The van der Waals surface area contributed by atoms with Crippen LogP contribution >= 0.6 is 11.3 Å². The molecule has 1 aromatic rings. The predicted molar refractivity (Wildman–Crippen MR) is 47.5 cm³/mol. The number of hydrogen-bond donors (Lipinski definition) is 1. The van der Waals surface area contributed by atoms with Gasteiger partial charge in [0.25, 0.3) is 0 Å². The molecular formula is C9H10OS. The molecule has 0 aliphatic heterocycles. The van der Waals surface area contributed by atoms with Crippen molar-refractivity contribution in [3.63, 3.8) is 0 Å². The summed E-state index contributed by atoms with van der Waals surface area (Å²) in [5.41, 5.74) is 1.18. The third-order valence-electron chi connectivity index (χ3n) is 2.07. The Morgan fingerprint density at radius 1 is 1.55 bits per heavy atom. The van der Waals surface area contributed by atoms with E-state index < -0.39 is 0 Å². The number of hydrogen-bond acceptors (Lipinski definition) is 2. The molecule has 0 saturated heterocycles. The molecule has 2 atom stereocenters. The molecule has 0 radical (unpaired) electrons. The van der Waals surface area contributed by atoms with Crippen molar-refractivity contribution in [2.75, 3.05) is 0 Å². The van der Waals surface area contributed by atoms with Crippen molar-refractivity contribution in [3.05, 3.63) is 28.0 Å². The van der Waals surface area contributed by atoms with E-state index in [0.717, 1.165) is 4.88 Å². The quantitative estimate of drug-likeness (QED) is 0.627. The molecule has 2 unspecified atom stereocenters. The maximum Gasteiger partial charge on any atom is 0.0947 e. The summed E-state index contributed by atoms with van der Waals surface area (Å²) in [5.74, 6) is 0.265. The SMILES string of the molecule is CC1C=Cc2ccsc2C1O. The molecule has 0 fully saturated rings. The van der Waals surface area contributed by atoms with Crippen molar-refractivity contribution in [2.24, 2.45) is 5.92 Å². The van der Waals surface area contributed by atoms with Crippen LogP contribution in [0.1, 0.15) is 23.5 Å². The van der Waals surface area contributed by atoms with Gasteiger partial charge in [-0.05, 0) is 17.0 Å². The van der Waals surface area contributed by atoms with Crippen molar-refractivity contribution < 1.29 is 5.11 Å². The molecule has 1 N–H and O–H groups in total. The van der Waals surface area contributed by atoms with E-state index in [1.165, 1.54) is 5.56 Å². The molecule has 0 amide bonds. The Morgan fingerprint density at radius 2 is 2.36 bits per heavy atom. The monoisotopic (exact) mass is 166 g/mol. The van der Waals surface area contributed by atoms with Crippen LogP contribution in [0, 0.1) is 5.92 Å². The third kappa shape index (κ3) is 1.03. The first-order valence-corrected chi connectivity index (χ1v) is 4.60. The van der Waals surface area contributed by atoms with Gasteiger partial charge in [0.2, 0.25) is 0 Å². The lowest BCUT2D eigenvalue weighted by atomic mass is 9.95. The Morgan fingerprint density at radius 3 is 3.18 bits per heavy atom. The molecule has 1 heterocycles. The van der Waals surface area contributed by atoms with E-state index >= 15 is 0 Å². The average molecular weight is 166 g/mol. The smallest absolute Gasteiger partial charge is 0.0947 e. The van der Waals surface area contributed by atoms with Gasteiger partial charge in [-0.25, -0.2) is 0 Å². The predicted octanol–water partition coefficient (Wildman–Crippen LogP) is 2.44. The zero-order chi connectivity index (χ0) is 7.84. The Balaban J connectivity index is 2.48. The Kier molecular flexibility index (Phi) is 1.59. The van der Waals surface area contributed by atoms with Crippen LogP contribution in [0.25, 0.3) is 6.08 Å². The summed E-state index contributed by atoms with van der Waals surface area (Å²) in [7, 11) is 0. The minimum Gasteiger partial charge on any atom is -0.387 e. The van der Waals surface area contributed by atoms with Gasteiger partial charge in [-0.2, -0.15) is 0 Å². The van der Waals surface area contributed by atoms with E-state index in [4.69, 9.17) is 0 Å². The summed E-state index contributed by atoms with van der Waals surface area (Å²) < 4.78 is 0. The van der Waals surface area contributed by atoms with E-state index in [9.17, 15) is 5.11 Å². The molecule has 1 aliphatic carbocycles. The summed E-state index contributed by atoms with van der Waals surface area (Å²) >= 11 is 1.64. The minimum atomic E-state index is -0.282. The first kappa shape index (κ1) is 7.07. The van der Waals surface area contributed by atoms with E-state index in [1.54, 1.807) is 11.3 Å². The van der Waals surface area contributed by atoms with E-state index in [2.05, 4.69) is 12.2 Å². The van der Waals surface area contributed by atoms with Crippen molar-refractivity contribution in [1.29, 1.82) is 0 Å². The Hall–Kier alpha value is -0.600. The van der Waals surface area contributed by atoms with Crippen molar-refractivity contribution in [1.82, 2.24) is 0 Å². The highest BCUT2D eigenvalue weighted by Crippen LogP contribution is 2.35. The first-order valence-electron chi connectivity index (χ1n) is 3.72. The summed E-state index contributed by atoms with van der Waals surface area (Å²) in [6.45, 7) is 2.03. The normalized spacial score (nSPS) is 28.5. The second kappa shape index (κ2) is 2.47. The van der Waals surface area contributed by atoms with Crippen LogP contribution < -0.4 is 0 Å². The van der Waals surface area contributed by atoms with Crippen molar-refractivity contribution >= 4 is 17.4 Å². The highest BCUT2D eigenvalue weighted by Gasteiger charge is 2.21. The van der Waals surface area contributed by atoms with Crippen molar-refractivity contribution in [3.8, 4) is 0 Å². The van der Waals surface area contributed by atoms with Crippen LogP contribution in [0.2, 0.25) is 0 Å². The molecule has 1 nitrogen and oxygen atoms in total. The number of fused-ring (bicyclic) bond motifs is 1. The van der Waals surface area contributed by atoms with Gasteiger partial charge in [-0.1, -0.05) is 19.1 Å². The lowest BCUT2D eigenvalue weighted by Gasteiger charge is -2.18. The van der Waals surface area contributed by atoms with Crippen LogP contribution in [-0.2, 0) is 0 Å². The fraction of sp³-hybridized carbons (Fsp3) is 0.333. The molecule has 2 heteroatoms. The standard InChI is InChI=1S/C9H10OS/c1-6-2-3-7-4-5-11-9(7)8(6)10/h2-6,8,10H,1H3. The second-order valence-electron chi connectivity index (χ2n) is 2.90. The first-order chi connectivity index (χ1) is 5.29. The van der Waals surface area contributed by atoms with Gasteiger partial charge in [0, 0.05) is 10.8 Å². The van der Waals surface area contributed by atoms with Gasteiger partial charge in [-0.3, -0.25) is 0 Å². The van der Waals surface area contributed by atoms with Crippen molar-refractivity contribution in [2.45, 2.75) is 13.0 Å². The molecule has 0 bridgehead atoms. The van der Waals surface area contributed by atoms with Crippen LogP contribution in [0.5, 0.6) is 0 Å². The number of thiophene rings is 1. The maximum atomic E-state index is 9.68. The van der Waals surface area contributed by atoms with Gasteiger partial charge < -0.3 is 5.11 Å². The lowest BCUT2D eigenvalue weighted by Crippen LogP contribution is -2.08. The number of aliphatic hydroxyl groups excluding tert-OH is 1. The van der Waals surface area contributed by atoms with Crippen LogP contribution in [-0.4, -0.2) is 5.11 Å². The summed E-state index contributed by atoms with van der Waals surface area (Å²) in [6, 6.07) is 2.05. The van der Waals surface area contributed by atoms with E-state index in [0.29, 0.717) is 0 Å². The zero-order valence-electron chi connectivity index (χ0n) is 6.32. The molecule has 0 spiro atoms. The Bertz CT molecular complexity index is 288. The zero-order valence-corrected chi connectivity index (χ0v) is 7.14. The second-order valence-corrected chi connectivity index (χ2v) is 3.85. The van der Waals surface area contributed by atoms with Gasteiger partial charge in [-0.15, -0.1) is 11.3 Å². The summed E-state index contributed by atoms with van der Waals surface area (Å²) in [4.78, 5) is 1.11. The summed E-state index contributed by atoms with van der Waals surface area (Å²) in [5, 5.41) is 11.7. The van der Waals surface area contributed by atoms with Gasteiger partial charge >= 0.3 is 0 Å². The Labute approximate surface area is 70.0 Å². The van der Waals surface area contributed by atoms with E-state index in [-0.39, 0.29) is 12.0 Å². The largest absolute Gasteiger partial charge is 0.387 e. The topological polar surface area (TPSA) is 20.2 Å². The molecule has 11 heavy (non-hydrogen) atoms. The van der Waals surface area contributed by atoms with Gasteiger partial charge in [0.05, 0.1) is 6.10 Å². The third-order valence-corrected chi connectivity index (χ3v) is 3.08. The molecule has 2 rings (SSSR count). The number of aliphatic hydroxyl groups is 1. The molecular weight excluding hydrogens is 156 g/mol.